The molecule has 0 atom stereocenters. The molecular formula is C12H15N3. The standard InChI is InChI=1S/C12H15N3/c1-15-11(13)14-8-12(15)6-9-4-2-3-5-10(9)7-12/h2-5H,6-8H2,1H3,(H2,13,14). The third-order valence-electron chi connectivity index (χ3n) is 3.75. The normalized spacial score (nSPS) is 21.9. The van der Waals surface area contributed by atoms with Crippen LogP contribution in [0.25, 0.3) is 0 Å². The molecule has 0 aromatic heterocycles. The fourth-order valence-electron chi connectivity index (χ4n) is 2.71. The number of aliphatic imine (C=N–C) groups is 1. The maximum absolute atomic E-state index is 5.84. The quantitative estimate of drug-likeness (QED) is 0.674. The molecule has 0 radical (unpaired) electrons. The lowest BCUT2D eigenvalue weighted by atomic mass is 9.95. The van der Waals surface area contributed by atoms with Crippen molar-refractivity contribution in [2.45, 2.75) is 18.4 Å². The molecule has 0 bridgehead atoms. The van der Waals surface area contributed by atoms with Crippen molar-refractivity contribution in [2.24, 2.45) is 10.7 Å². The van der Waals surface area contributed by atoms with Crippen LogP contribution in [0.2, 0.25) is 0 Å². The number of hydrogen-bond donors (Lipinski definition) is 1. The van der Waals surface area contributed by atoms with Gasteiger partial charge < -0.3 is 10.6 Å². The first kappa shape index (κ1) is 8.77. The van der Waals surface area contributed by atoms with Gasteiger partial charge in [-0.2, -0.15) is 0 Å². The Morgan fingerprint density at radius 2 is 1.87 bits per heavy atom. The van der Waals surface area contributed by atoms with Gasteiger partial charge in [0, 0.05) is 7.05 Å². The Bertz CT molecular complexity index is 411. The smallest absolute Gasteiger partial charge is 0.191 e. The fraction of sp³-hybridized carbons (Fsp3) is 0.417. The maximum Gasteiger partial charge on any atom is 0.191 e. The van der Waals surface area contributed by atoms with Crippen LogP contribution in [0.3, 0.4) is 0 Å². The Kier molecular flexibility index (Phi) is 1.61. The number of nitrogens with zero attached hydrogens (tertiary/aromatic N) is 2. The molecule has 0 unspecified atom stereocenters. The molecule has 1 spiro atoms. The average Bonchev–Trinajstić information content (AvgIpc) is 2.75. The average molecular weight is 201 g/mol. The van der Waals surface area contributed by atoms with Crippen LogP contribution in [-0.4, -0.2) is 30.0 Å². The lowest BCUT2D eigenvalue weighted by Gasteiger charge is -2.32. The number of guanidine groups is 1. The van der Waals surface area contributed by atoms with Crippen LogP contribution in [-0.2, 0) is 12.8 Å². The van der Waals surface area contributed by atoms with Crippen molar-refractivity contribution >= 4 is 5.96 Å². The molecule has 2 N–H and O–H groups in total. The van der Waals surface area contributed by atoms with Crippen LogP contribution in [0, 0.1) is 0 Å². The zero-order valence-electron chi connectivity index (χ0n) is 8.90. The van der Waals surface area contributed by atoms with Crippen LogP contribution in [0.15, 0.2) is 29.3 Å². The van der Waals surface area contributed by atoms with E-state index in [9.17, 15) is 0 Å². The molecule has 0 amide bonds. The van der Waals surface area contributed by atoms with E-state index in [1.54, 1.807) is 0 Å². The predicted octanol–water partition coefficient (Wildman–Crippen LogP) is 0.784. The minimum Gasteiger partial charge on any atom is -0.370 e. The van der Waals surface area contributed by atoms with E-state index in [4.69, 9.17) is 5.73 Å². The van der Waals surface area contributed by atoms with Gasteiger partial charge >= 0.3 is 0 Å². The lowest BCUT2D eigenvalue weighted by molar-refractivity contribution is 0.249. The molecule has 3 nitrogen and oxygen atoms in total. The minimum absolute atomic E-state index is 0.133. The number of hydrogen-bond acceptors (Lipinski definition) is 3. The van der Waals surface area contributed by atoms with E-state index in [1.807, 2.05) is 0 Å². The maximum atomic E-state index is 5.84. The van der Waals surface area contributed by atoms with Crippen molar-refractivity contribution in [2.75, 3.05) is 13.6 Å². The fourth-order valence-corrected chi connectivity index (χ4v) is 2.71. The van der Waals surface area contributed by atoms with E-state index < -0.39 is 0 Å². The Balaban J connectivity index is 1.97. The summed E-state index contributed by atoms with van der Waals surface area (Å²) in [5.74, 6) is 0.683. The summed E-state index contributed by atoms with van der Waals surface area (Å²) in [6.07, 6.45) is 2.15. The van der Waals surface area contributed by atoms with Crippen LogP contribution in [0.1, 0.15) is 11.1 Å². The molecular weight excluding hydrogens is 186 g/mol. The van der Waals surface area contributed by atoms with E-state index in [0.717, 1.165) is 19.4 Å². The van der Waals surface area contributed by atoms with Gasteiger partial charge in [-0.1, -0.05) is 24.3 Å². The van der Waals surface area contributed by atoms with Gasteiger partial charge in [-0.25, -0.2) is 0 Å². The van der Waals surface area contributed by atoms with Gasteiger partial charge in [0.15, 0.2) is 5.96 Å². The lowest BCUT2D eigenvalue weighted by Crippen LogP contribution is -2.49. The monoisotopic (exact) mass is 201 g/mol. The summed E-state index contributed by atoms with van der Waals surface area (Å²) >= 11 is 0. The second-order valence-corrected chi connectivity index (χ2v) is 4.58. The highest BCUT2D eigenvalue weighted by atomic mass is 15.3. The summed E-state index contributed by atoms with van der Waals surface area (Å²) in [5.41, 5.74) is 8.88. The summed E-state index contributed by atoms with van der Waals surface area (Å²) in [6.45, 7) is 0.837. The van der Waals surface area contributed by atoms with E-state index in [2.05, 4.69) is 41.2 Å². The Hall–Kier alpha value is -1.51. The summed E-state index contributed by atoms with van der Waals surface area (Å²) in [6, 6.07) is 8.65. The van der Waals surface area contributed by atoms with Crippen LogP contribution >= 0.6 is 0 Å². The molecule has 1 aliphatic heterocycles. The van der Waals surface area contributed by atoms with Gasteiger partial charge in [-0.15, -0.1) is 0 Å². The van der Waals surface area contributed by atoms with E-state index in [1.165, 1.54) is 11.1 Å². The molecule has 15 heavy (non-hydrogen) atoms. The summed E-state index contributed by atoms with van der Waals surface area (Å²) in [5, 5.41) is 0. The van der Waals surface area contributed by atoms with Gasteiger partial charge in [-0.3, -0.25) is 4.99 Å². The summed E-state index contributed by atoms with van der Waals surface area (Å²) < 4.78 is 0. The van der Waals surface area contributed by atoms with Crippen molar-refractivity contribution in [3.63, 3.8) is 0 Å². The molecule has 3 rings (SSSR count). The molecule has 78 valence electrons. The van der Waals surface area contributed by atoms with E-state index >= 15 is 0 Å². The molecule has 1 aliphatic carbocycles. The molecule has 3 heteroatoms. The molecule has 0 saturated carbocycles. The van der Waals surface area contributed by atoms with E-state index in [-0.39, 0.29) is 5.54 Å². The van der Waals surface area contributed by atoms with Crippen LogP contribution in [0.5, 0.6) is 0 Å². The highest BCUT2D eigenvalue weighted by Gasteiger charge is 2.44. The number of benzene rings is 1. The first-order valence-electron chi connectivity index (χ1n) is 5.32. The Morgan fingerprint density at radius 1 is 1.27 bits per heavy atom. The third-order valence-corrected chi connectivity index (χ3v) is 3.75. The summed E-state index contributed by atoms with van der Waals surface area (Å²) in [4.78, 5) is 6.50. The molecule has 1 heterocycles. The molecule has 0 saturated heterocycles. The summed E-state index contributed by atoms with van der Waals surface area (Å²) in [7, 11) is 2.05. The van der Waals surface area contributed by atoms with Gasteiger partial charge in [-0.05, 0) is 24.0 Å². The van der Waals surface area contributed by atoms with E-state index in [0.29, 0.717) is 5.96 Å². The SMILES string of the molecule is CN1C(N)=NCC12Cc1ccccc1C2. The highest BCUT2D eigenvalue weighted by Crippen LogP contribution is 2.36. The topological polar surface area (TPSA) is 41.6 Å². The number of rotatable bonds is 0. The van der Waals surface area contributed by atoms with Gasteiger partial charge in [0.1, 0.15) is 0 Å². The van der Waals surface area contributed by atoms with Crippen molar-refractivity contribution < 1.29 is 0 Å². The molecule has 1 aromatic carbocycles. The largest absolute Gasteiger partial charge is 0.370 e. The van der Waals surface area contributed by atoms with Crippen molar-refractivity contribution in [3.8, 4) is 0 Å². The number of likely N-dealkylation sites (N-methyl/N-ethyl adjacent to an activating group) is 1. The zero-order chi connectivity index (χ0) is 10.5. The zero-order valence-corrected chi connectivity index (χ0v) is 8.90. The van der Waals surface area contributed by atoms with Crippen molar-refractivity contribution in [1.29, 1.82) is 0 Å². The van der Waals surface area contributed by atoms with Gasteiger partial charge in [0.25, 0.3) is 0 Å². The molecule has 0 fully saturated rings. The highest BCUT2D eigenvalue weighted by molar-refractivity contribution is 5.81. The molecule has 2 aliphatic rings. The van der Waals surface area contributed by atoms with Gasteiger partial charge in [0.05, 0.1) is 12.1 Å². The second-order valence-electron chi connectivity index (χ2n) is 4.58. The first-order chi connectivity index (χ1) is 7.21. The number of nitrogens with two attached hydrogens (primary N) is 1. The molecule has 1 aromatic rings. The Morgan fingerprint density at radius 3 is 2.33 bits per heavy atom. The third kappa shape index (κ3) is 1.09. The second kappa shape index (κ2) is 2.75. The van der Waals surface area contributed by atoms with Gasteiger partial charge in [0.2, 0.25) is 0 Å². The van der Waals surface area contributed by atoms with Crippen LogP contribution < -0.4 is 5.73 Å². The number of fused-ring (bicyclic) bond motifs is 1. The first-order valence-corrected chi connectivity index (χ1v) is 5.32. The van der Waals surface area contributed by atoms with Crippen LogP contribution in [0.4, 0.5) is 0 Å². The minimum atomic E-state index is 0.133. The van der Waals surface area contributed by atoms with Crippen molar-refractivity contribution in [1.82, 2.24) is 4.90 Å². The predicted molar refractivity (Wildman–Crippen MR) is 60.8 cm³/mol. The Labute approximate surface area is 89.6 Å². The van der Waals surface area contributed by atoms with Crippen molar-refractivity contribution in [3.05, 3.63) is 35.4 Å².